The molecule has 3 aromatic carbocycles. The van der Waals surface area contributed by atoms with Crippen LogP contribution >= 0.6 is 0 Å². The highest BCUT2D eigenvalue weighted by Crippen LogP contribution is 2.43. The summed E-state index contributed by atoms with van der Waals surface area (Å²) in [5, 5.41) is 0. The normalized spacial score (nSPS) is 14.1. The van der Waals surface area contributed by atoms with Crippen molar-refractivity contribution in [3.05, 3.63) is 88.5 Å². The van der Waals surface area contributed by atoms with E-state index in [1.165, 1.54) is 6.92 Å². The van der Waals surface area contributed by atoms with Crippen molar-refractivity contribution in [1.82, 2.24) is 0 Å². The second-order valence-corrected chi connectivity index (χ2v) is 9.63. The van der Waals surface area contributed by atoms with Gasteiger partial charge in [-0.05, 0) is 42.8 Å². The van der Waals surface area contributed by atoms with Crippen LogP contribution in [0.25, 0.3) is 0 Å². The lowest BCUT2D eigenvalue weighted by Gasteiger charge is -2.16. The number of rotatable bonds is 3. The smallest absolute Gasteiger partial charge is 0.166 e. The van der Waals surface area contributed by atoms with E-state index in [0.717, 1.165) is 18.2 Å². The van der Waals surface area contributed by atoms with Crippen molar-refractivity contribution in [2.45, 2.75) is 46.3 Å². The maximum Gasteiger partial charge on any atom is 0.416 e. The van der Waals surface area contributed by atoms with Gasteiger partial charge in [-0.2, -0.15) is 52.7 Å². The third-order valence-electron chi connectivity index (χ3n) is 4.81. The van der Waals surface area contributed by atoms with Gasteiger partial charge in [0.15, 0.2) is 14.7 Å². The molecule has 0 aliphatic heterocycles. The molecule has 0 aromatic heterocycles. The van der Waals surface area contributed by atoms with E-state index >= 15 is 0 Å². The van der Waals surface area contributed by atoms with Gasteiger partial charge in [-0.25, -0.2) is 0 Å². The van der Waals surface area contributed by atoms with E-state index < -0.39 is 72.5 Å². The molecule has 0 heterocycles. The van der Waals surface area contributed by atoms with Gasteiger partial charge in [-0.3, -0.25) is 0 Å². The lowest BCUT2D eigenvalue weighted by atomic mass is 10.1. The molecule has 0 aliphatic carbocycles. The molecule has 0 saturated carbocycles. The van der Waals surface area contributed by atoms with Crippen LogP contribution < -0.4 is 0 Å². The summed E-state index contributed by atoms with van der Waals surface area (Å²) >= 11 is 0. The van der Waals surface area contributed by atoms with Crippen LogP contribution in [0.3, 0.4) is 0 Å². The van der Waals surface area contributed by atoms with Gasteiger partial charge < -0.3 is 0 Å². The van der Waals surface area contributed by atoms with Crippen molar-refractivity contribution in [1.29, 1.82) is 0 Å². The van der Waals surface area contributed by atoms with Crippen LogP contribution in [0.2, 0.25) is 0 Å². The molecular weight excluding hydrogens is 536 g/mol. The van der Waals surface area contributed by atoms with Gasteiger partial charge in [0.25, 0.3) is 0 Å². The summed E-state index contributed by atoms with van der Waals surface area (Å²) in [5.41, 5.74) is -6.08. The molecule has 1 atom stereocenters. The summed E-state index contributed by atoms with van der Waals surface area (Å²) < 4.78 is 161. The largest absolute Gasteiger partial charge is 0.416 e. The van der Waals surface area contributed by atoms with Gasteiger partial charge in [0, 0.05) is 24.3 Å². The fourth-order valence-electron chi connectivity index (χ4n) is 3.28. The topological polar surface area (TPSA) is 0 Å². The van der Waals surface area contributed by atoms with Gasteiger partial charge >= 0.3 is 24.7 Å². The molecule has 0 aliphatic rings. The summed E-state index contributed by atoms with van der Waals surface area (Å²) in [6.45, 7) is 1.21. The molecule has 36 heavy (non-hydrogen) atoms. The van der Waals surface area contributed by atoms with E-state index in [1.54, 1.807) is 0 Å². The Hall–Kier alpha value is -2.83. The first-order chi connectivity index (χ1) is 16.3. The lowest BCUT2D eigenvalue weighted by Crippen LogP contribution is -2.15. The highest BCUT2D eigenvalue weighted by Gasteiger charge is 2.42. The molecule has 0 spiro atoms. The Morgan fingerprint density at radius 2 is 0.833 bits per heavy atom. The van der Waals surface area contributed by atoms with Crippen molar-refractivity contribution >= 4 is 10.9 Å². The minimum atomic E-state index is -5.28. The summed E-state index contributed by atoms with van der Waals surface area (Å²) in [5.74, 6) is 0. The highest BCUT2D eigenvalue weighted by molar-refractivity contribution is 7.97. The fourth-order valence-corrected chi connectivity index (χ4v) is 5.60. The SMILES string of the molecule is Cc1cc([S+](c2cccc(C(F)(F)F)c2)c2cc(C(F)(F)F)cc(C(F)(F)F)c2)cc(C(F)(F)F)c1. The first-order valence-electron chi connectivity index (χ1n) is 9.67. The zero-order valence-electron chi connectivity index (χ0n) is 17.7. The molecule has 0 saturated heterocycles. The molecule has 0 radical (unpaired) electrons. The van der Waals surface area contributed by atoms with Crippen LogP contribution in [0.4, 0.5) is 52.7 Å². The molecule has 0 fully saturated rings. The van der Waals surface area contributed by atoms with Gasteiger partial charge in [0.2, 0.25) is 0 Å². The maximum absolute atomic E-state index is 13.4. The van der Waals surface area contributed by atoms with Crippen LogP contribution in [0.5, 0.6) is 0 Å². The highest BCUT2D eigenvalue weighted by atomic mass is 32.2. The number of hydrogen-bond donors (Lipinski definition) is 0. The fraction of sp³-hybridized carbons (Fsp3) is 0.217. The molecule has 0 amide bonds. The van der Waals surface area contributed by atoms with E-state index in [2.05, 4.69) is 0 Å². The lowest BCUT2D eigenvalue weighted by molar-refractivity contribution is -0.143. The van der Waals surface area contributed by atoms with Crippen molar-refractivity contribution in [2.75, 3.05) is 0 Å². The van der Waals surface area contributed by atoms with Crippen molar-refractivity contribution in [2.24, 2.45) is 0 Å². The molecule has 3 aromatic rings. The molecule has 0 nitrogen and oxygen atoms in total. The van der Waals surface area contributed by atoms with Crippen LogP contribution in [0.1, 0.15) is 27.8 Å². The zero-order valence-corrected chi connectivity index (χ0v) is 18.5. The first kappa shape index (κ1) is 27.8. The van der Waals surface area contributed by atoms with E-state index in [-0.39, 0.29) is 11.6 Å². The molecular formula is C23H13F12S+. The van der Waals surface area contributed by atoms with Gasteiger partial charge in [0.05, 0.1) is 33.1 Å². The number of aryl methyl sites for hydroxylation is 1. The Balaban J connectivity index is 2.41. The van der Waals surface area contributed by atoms with E-state index in [4.69, 9.17) is 0 Å². The predicted octanol–water partition coefficient (Wildman–Crippen LogP) is 9.17. The van der Waals surface area contributed by atoms with Crippen LogP contribution in [0.15, 0.2) is 75.4 Å². The Morgan fingerprint density at radius 1 is 0.444 bits per heavy atom. The maximum atomic E-state index is 13.4. The third kappa shape index (κ3) is 6.29. The van der Waals surface area contributed by atoms with E-state index in [9.17, 15) is 52.7 Å². The standard InChI is InChI=1S/C23H13F12S/c1-12-5-14(21(27,28)29)9-18(6-12)36(17-4-2-3-13(8-17)20(24,25)26)19-10-15(22(30,31)32)7-16(11-19)23(33,34)35/h2-11H,1H3/q+1. The average molecular weight is 549 g/mol. The molecule has 0 N–H and O–H groups in total. The Labute approximate surface area is 198 Å². The Morgan fingerprint density at radius 3 is 1.28 bits per heavy atom. The minimum absolute atomic E-state index is 0.0488. The second-order valence-electron chi connectivity index (χ2n) is 7.61. The molecule has 1 unspecified atom stereocenters. The number of alkyl halides is 12. The van der Waals surface area contributed by atoms with Gasteiger partial charge in [-0.15, -0.1) is 0 Å². The zero-order chi connectivity index (χ0) is 27.3. The number of hydrogen-bond acceptors (Lipinski definition) is 0. The second kappa shape index (κ2) is 9.24. The molecule has 13 heteroatoms. The number of benzene rings is 3. The van der Waals surface area contributed by atoms with Crippen LogP contribution in [-0.4, -0.2) is 0 Å². The molecule has 194 valence electrons. The van der Waals surface area contributed by atoms with E-state index in [0.29, 0.717) is 36.4 Å². The van der Waals surface area contributed by atoms with Crippen molar-refractivity contribution in [3.8, 4) is 0 Å². The minimum Gasteiger partial charge on any atom is -0.166 e. The monoisotopic (exact) mass is 549 g/mol. The van der Waals surface area contributed by atoms with Crippen molar-refractivity contribution < 1.29 is 52.7 Å². The molecule has 3 rings (SSSR count). The van der Waals surface area contributed by atoms with Crippen molar-refractivity contribution in [3.63, 3.8) is 0 Å². The quantitative estimate of drug-likeness (QED) is 0.226. The van der Waals surface area contributed by atoms with Crippen LogP contribution in [-0.2, 0) is 35.6 Å². The summed E-state index contributed by atoms with van der Waals surface area (Å²) in [6, 6.07) is 5.69. The summed E-state index contributed by atoms with van der Waals surface area (Å²) in [6.07, 6.45) is -20.4. The Kier molecular flexibility index (Phi) is 7.12. The average Bonchev–Trinajstić information content (AvgIpc) is 2.71. The Bertz CT molecular complexity index is 1220. The summed E-state index contributed by atoms with van der Waals surface area (Å²) in [7, 11) is -2.21. The molecule has 0 bridgehead atoms. The van der Waals surface area contributed by atoms with Crippen LogP contribution in [0, 0.1) is 6.92 Å². The predicted molar refractivity (Wildman–Crippen MR) is 106 cm³/mol. The first-order valence-corrected chi connectivity index (χ1v) is 10.9. The number of halogens is 12. The summed E-state index contributed by atoms with van der Waals surface area (Å²) in [4.78, 5) is -1.58. The third-order valence-corrected chi connectivity index (χ3v) is 6.95. The van der Waals surface area contributed by atoms with Gasteiger partial charge in [0.1, 0.15) is 0 Å². The van der Waals surface area contributed by atoms with E-state index in [1.807, 2.05) is 0 Å². The van der Waals surface area contributed by atoms with Gasteiger partial charge in [-0.1, -0.05) is 6.07 Å².